The van der Waals surface area contributed by atoms with Crippen LogP contribution in [0.4, 0.5) is 18.9 Å². The predicted octanol–water partition coefficient (Wildman–Crippen LogP) is 2.10. The van der Waals surface area contributed by atoms with E-state index in [0.29, 0.717) is 12.1 Å². The summed E-state index contributed by atoms with van der Waals surface area (Å²) < 4.78 is 42.4. The van der Waals surface area contributed by atoms with Gasteiger partial charge in [-0.05, 0) is 19.2 Å². The zero-order valence-corrected chi connectivity index (χ0v) is 10.3. The molecule has 0 aromatic heterocycles. The average Bonchev–Trinajstić information content (AvgIpc) is 2.38. The molecule has 0 fully saturated rings. The van der Waals surface area contributed by atoms with Gasteiger partial charge in [-0.15, -0.1) is 0 Å². The summed E-state index contributed by atoms with van der Waals surface area (Å²) in [6, 6.07) is 3.04. The maximum absolute atomic E-state index is 12.5. The molecular formula is C11H10F3N3O3. The smallest absolute Gasteiger partial charge is 0.416 e. The molecule has 0 saturated heterocycles. The van der Waals surface area contributed by atoms with Crippen molar-refractivity contribution in [3.05, 3.63) is 33.9 Å². The van der Waals surface area contributed by atoms with E-state index in [1.54, 1.807) is 0 Å². The average molecular weight is 289 g/mol. The van der Waals surface area contributed by atoms with Gasteiger partial charge >= 0.3 is 11.9 Å². The van der Waals surface area contributed by atoms with Gasteiger partial charge < -0.3 is 10.1 Å². The predicted molar refractivity (Wildman–Crippen MR) is 62.1 cm³/mol. The molecule has 20 heavy (non-hydrogen) atoms. The molecule has 1 aromatic rings. The van der Waals surface area contributed by atoms with Crippen molar-refractivity contribution >= 4 is 5.69 Å². The minimum Gasteiger partial charge on any atom is -0.484 e. The van der Waals surface area contributed by atoms with Crippen molar-refractivity contribution in [3.63, 3.8) is 0 Å². The summed E-state index contributed by atoms with van der Waals surface area (Å²) >= 11 is 0. The Balaban J connectivity index is 3.03. The fraction of sp³-hybridized carbons (Fsp3) is 0.364. The number of nitro groups is 1. The first-order valence-corrected chi connectivity index (χ1v) is 5.35. The number of benzene rings is 1. The monoisotopic (exact) mass is 289 g/mol. The topological polar surface area (TPSA) is 88.2 Å². The third-order valence-corrected chi connectivity index (χ3v) is 2.39. The molecule has 1 rings (SSSR count). The van der Waals surface area contributed by atoms with Crippen LogP contribution in [0.1, 0.15) is 5.56 Å². The van der Waals surface area contributed by atoms with E-state index in [9.17, 15) is 23.3 Å². The quantitative estimate of drug-likeness (QED) is 0.662. The first kappa shape index (κ1) is 15.7. The van der Waals surface area contributed by atoms with E-state index in [1.807, 2.05) is 6.07 Å². The minimum absolute atomic E-state index is 0.223. The highest BCUT2D eigenvalue weighted by molar-refractivity contribution is 5.49. The van der Waals surface area contributed by atoms with Crippen LogP contribution < -0.4 is 10.1 Å². The van der Waals surface area contributed by atoms with Gasteiger partial charge in [0.2, 0.25) is 0 Å². The van der Waals surface area contributed by atoms with Gasteiger partial charge in [0, 0.05) is 6.07 Å². The number of nitrogens with zero attached hydrogens (tertiary/aromatic N) is 2. The molecule has 0 spiro atoms. The molecule has 0 aliphatic carbocycles. The SMILES string of the molecule is CNC(C#N)COc1ccc(C(F)(F)F)cc1[N+](=O)[O-]. The van der Waals surface area contributed by atoms with Crippen molar-refractivity contribution in [3.8, 4) is 11.8 Å². The van der Waals surface area contributed by atoms with Gasteiger partial charge in [-0.25, -0.2) is 0 Å². The van der Waals surface area contributed by atoms with Crippen molar-refractivity contribution in [1.29, 1.82) is 5.26 Å². The summed E-state index contributed by atoms with van der Waals surface area (Å²) in [7, 11) is 1.48. The second kappa shape index (κ2) is 6.21. The number of likely N-dealkylation sites (N-methyl/N-ethyl adjacent to an activating group) is 1. The third-order valence-electron chi connectivity index (χ3n) is 2.39. The zero-order valence-electron chi connectivity index (χ0n) is 10.3. The summed E-state index contributed by atoms with van der Waals surface area (Å²) in [6.45, 7) is -0.223. The second-order valence-corrected chi connectivity index (χ2v) is 3.72. The van der Waals surface area contributed by atoms with E-state index in [0.717, 1.165) is 6.07 Å². The van der Waals surface area contributed by atoms with E-state index in [-0.39, 0.29) is 12.4 Å². The van der Waals surface area contributed by atoms with Gasteiger partial charge in [0.25, 0.3) is 0 Å². The lowest BCUT2D eigenvalue weighted by Gasteiger charge is -2.12. The molecule has 1 N–H and O–H groups in total. The van der Waals surface area contributed by atoms with Crippen molar-refractivity contribution in [2.24, 2.45) is 0 Å². The Morgan fingerprint density at radius 2 is 2.20 bits per heavy atom. The van der Waals surface area contributed by atoms with Crippen LogP contribution in [0.15, 0.2) is 18.2 Å². The van der Waals surface area contributed by atoms with Crippen LogP contribution in [0, 0.1) is 21.4 Å². The maximum Gasteiger partial charge on any atom is 0.416 e. The highest BCUT2D eigenvalue weighted by Gasteiger charge is 2.33. The molecule has 0 amide bonds. The highest BCUT2D eigenvalue weighted by Crippen LogP contribution is 2.35. The van der Waals surface area contributed by atoms with E-state index < -0.39 is 28.4 Å². The summed E-state index contributed by atoms with van der Waals surface area (Å²) in [6.07, 6.45) is -4.68. The molecule has 0 heterocycles. The Hall–Kier alpha value is -2.34. The van der Waals surface area contributed by atoms with Gasteiger partial charge in [-0.2, -0.15) is 18.4 Å². The molecule has 1 aromatic carbocycles. The standard InChI is InChI=1S/C11H10F3N3O3/c1-16-8(5-15)6-20-10-3-2-7(11(12,13)14)4-9(10)17(18)19/h2-4,8,16H,6H2,1H3. The highest BCUT2D eigenvalue weighted by atomic mass is 19.4. The molecular weight excluding hydrogens is 279 g/mol. The van der Waals surface area contributed by atoms with Gasteiger partial charge in [0.15, 0.2) is 5.75 Å². The minimum atomic E-state index is -4.68. The summed E-state index contributed by atoms with van der Waals surface area (Å²) in [4.78, 5) is 9.80. The third kappa shape index (κ3) is 3.83. The van der Waals surface area contributed by atoms with E-state index in [1.165, 1.54) is 7.05 Å². The van der Waals surface area contributed by atoms with Crippen molar-refractivity contribution < 1.29 is 22.8 Å². The van der Waals surface area contributed by atoms with E-state index in [4.69, 9.17) is 10.00 Å². The van der Waals surface area contributed by atoms with Crippen LogP contribution in [0.5, 0.6) is 5.75 Å². The Morgan fingerprint density at radius 1 is 1.55 bits per heavy atom. The van der Waals surface area contributed by atoms with E-state index >= 15 is 0 Å². The van der Waals surface area contributed by atoms with Gasteiger partial charge in [-0.3, -0.25) is 10.1 Å². The lowest BCUT2D eigenvalue weighted by atomic mass is 10.2. The van der Waals surface area contributed by atoms with Crippen LogP contribution >= 0.6 is 0 Å². The second-order valence-electron chi connectivity index (χ2n) is 3.72. The van der Waals surface area contributed by atoms with Crippen LogP contribution in [0.2, 0.25) is 0 Å². The summed E-state index contributed by atoms with van der Waals surface area (Å²) in [5.74, 6) is -0.321. The van der Waals surface area contributed by atoms with Gasteiger partial charge in [0.1, 0.15) is 12.6 Å². The first-order chi connectivity index (χ1) is 9.29. The van der Waals surface area contributed by atoms with Gasteiger partial charge in [0.05, 0.1) is 16.6 Å². The molecule has 1 unspecified atom stereocenters. The van der Waals surface area contributed by atoms with Crippen LogP contribution in [-0.2, 0) is 6.18 Å². The van der Waals surface area contributed by atoms with Crippen molar-refractivity contribution in [1.82, 2.24) is 5.32 Å². The molecule has 0 aliphatic heterocycles. The number of ether oxygens (including phenoxy) is 1. The molecule has 0 radical (unpaired) electrons. The normalized spacial score (nSPS) is 12.6. The molecule has 0 bridgehead atoms. The Bertz CT molecular complexity index is 540. The van der Waals surface area contributed by atoms with E-state index in [2.05, 4.69) is 5.32 Å². The fourth-order valence-electron chi connectivity index (χ4n) is 1.32. The number of hydrogen-bond acceptors (Lipinski definition) is 5. The van der Waals surface area contributed by atoms with Crippen LogP contribution in [-0.4, -0.2) is 24.6 Å². The molecule has 0 aliphatic rings. The number of nitro benzene ring substituents is 1. The number of halogens is 3. The lowest BCUT2D eigenvalue weighted by molar-refractivity contribution is -0.386. The first-order valence-electron chi connectivity index (χ1n) is 5.35. The molecule has 108 valence electrons. The summed E-state index contributed by atoms with van der Waals surface area (Å²) in [5, 5.41) is 22.0. The van der Waals surface area contributed by atoms with Crippen molar-refractivity contribution in [2.45, 2.75) is 12.2 Å². The zero-order chi connectivity index (χ0) is 15.3. The van der Waals surface area contributed by atoms with Crippen molar-refractivity contribution in [2.75, 3.05) is 13.7 Å². The molecule has 0 saturated carbocycles. The van der Waals surface area contributed by atoms with Crippen LogP contribution in [0.3, 0.4) is 0 Å². The number of rotatable bonds is 5. The van der Waals surface area contributed by atoms with Crippen LogP contribution in [0.25, 0.3) is 0 Å². The van der Waals surface area contributed by atoms with Gasteiger partial charge in [-0.1, -0.05) is 0 Å². The Kier molecular flexibility index (Phi) is 4.88. The number of hydrogen-bond donors (Lipinski definition) is 1. The molecule has 1 atom stereocenters. The fourth-order valence-corrected chi connectivity index (χ4v) is 1.32. The largest absolute Gasteiger partial charge is 0.484 e. The molecule has 9 heteroatoms. The Morgan fingerprint density at radius 3 is 2.65 bits per heavy atom. The number of nitrogens with one attached hydrogen (secondary N) is 1. The Labute approximate surface area is 111 Å². The number of alkyl halides is 3. The number of nitriles is 1. The lowest BCUT2D eigenvalue weighted by Crippen LogP contribution is -2.30. The summed E-state index contributed by atoms with van der Waals surface area (Å²) in [5.41, 5.74) is -1.94. The molecule has 6 nitrogen and oxygen atoms in total. The maximum atomic E-state index is 12.5.